The molecule has 1 atom stereocenters. The van der Waals surface area contributed by atoms with Crippen molar-refractivity contribution in [1.29, 1.82) is 0 Å². The van der Waals surface area contributed by atoms with Crippen molar-refractivity contribution >= 4 is 23.4 Å². The van der Waals surface area contributed by atoms with Gasteiger partial charge in [0.05, 0.1) is 5.75 Å². The van der Waals surface area contributed by atoms with Crippen LogP contribution >= 0.6 is 11.8 Å². The molecule has 168 valence electrons. The van der Waals surface area contributed by atoms with Crippen LogP contribution in [0.3, 0.4) is 0 Å². The molecule has 33 heavy (non-hydrogen) atoms. The van der Waals surface area contributed by atoms with Crippen LogP contribution in [0.15, 0.2) is 84.0 Å². The van der Waals surface area contributed by atoms with E-state index in [1.807, 2.05) is 41.8 Å². The monoisotopic (exact) mass is 466 g/mol. The van der Waals surface area contributed by atoms with Gasteiger partial charge in [-0.05, 0) is 61.5 Å². The van der Waals surface area contributed by atoms with Crippen molar-refractivity contribution in [2.24, 2.45) is 0 Å². The van der Waals surface area contributed by atoms with Crippen molar-refractivity contribution in [3.63, 3.8) is 0 Å². The smallest absolute Gasteiger partial charge is 0.234 e. The molecule has 1 aromatic heterocycles. The zero-order chi connectivity index (χ0) is 23.2. The van der Waals surface area contributed by atoms with Gasteiger partial charge in [0.25, 0.3) is 0 Å². The number of aromatic nitrogens is 3. The summed E-state index contributed by atoms with van der Waals surface area (Å²) in [7, 11) is 0. The van der Waals surface area contributed by atoms with Gasteiger partial charge in [0, 0.05) is 11.4 Å². The highest BCUT2D eigenvalue weighted by Gasteiger charge is 2.21. The minimum absolute atomic E-state index is 0.0503. The number of carbonyl (C=O) groups excluding carboxylic acids is 1. The Hall–Kier alpha value is -3.72. The Labute approximate surface area is 193 Å². The number of carbonyl (C=O) groups is 1. The number of halogens is 2. The predicted molar refractivity (Wildman–Crippen MR) is 123 cm³/mol. The lowest BCUT2D eigenvalue weighted by Gasteiger charge is -2.16. The van der Waals surface area contributed by atoms with E-state index >= 15 is 0 Å². The number of hydrogen-bond donors (Lipinski definition) is 1. The minimum atomic E-state index is -0.501. The quantitative estimate of drug-likeness (QED) is 0.352. The first-order chi connectivity index (χ1) is 16.0. The van der Waals surface area contributed by atoms with E-state index in [1.54, 1.807) is 18.2 Å². The number of para-hydroxylation sites is 1. The fourth-order valence-corrected chi connectivity index (χ4v) is 3.88. The Morgan fingerprint density at radius 2 is 1.76 bits per heavy atom. The van der Waals surface area contributed by atoms with Crippen LogP contribution in [-0.4, -0.2) is 26.4 Å². The molecule has 0 aliphatic carbocycles. The lowest BCUT2D eigenvalue weighted by Crippen LogP contribution is -2.15. The predicted octanol–water partition coefficient (Wildman–Crippen LogP) is 5.42. The van der Waals surface area contributed by atoms with Gasteiger partial charge in [0.1, 0.15) is 17.4 Å². The summed E-state index contributed by atoms with van der Waals surface area (Å²) in [6.45, 7) is 1.82. The molecular formula is C24H20F2N4O2S. The van der Waals surface area contributed by atoms with E-state index < -0.39 is 11.9 Å². The molecule has 0 saturated carbocycles. The Morgan fingerprint density at radius 1 is 1.00 bits per heavy atom. The van der Waals surface area contributed by atoms with Crippen LogP contribution in [0.1, 0.15) is 18.9 Å². The van der Waals surface area contributed by atoms with Gasteiger partial charge in [-0.2, -0.15) is 0 Å². The van der Waals surface area contributed by atoms with Gasteiger partial charge in [-0.3, -0.25) is 9.36 Å². The molecule has 6 nitrogen and oxygen atoms in total. The second-order valence-corrected chi connectivity index (χ2v) is 8.02. The Balaban J connectivity index is 1.53. The maximum absolute atomic E-state index is 13.4. The molecule has 0 bridgehead atoms. The summed E-state index contributed by atoms with van der Waals surface area (Å²) in [5.74, 6) is -0.00450. The molecule has 1 heterocycles. The van der Waals surface area contributed by atoms with E-state index in [4.69, 9.17) is 4.74 Å². The van der Waals surface area contributed by atoms with Crippen LogP contribution in [0.5, 0.6) is 5.75 Å². The second-order valence-electron chi connectivity index (χ2n) is 7.07. The first-order valence-corrected chi connectivity index (χ1v) is 11.1. The molecule has 1 amide bonds. The van der Waals surface area contributed by atoms with Gasteiger partial charge in [-0.1, -0.05) is 36.0 Å². The lowest BCUT2D eigenvalue weighted by atomic mass is 10.3. The molecular weight excluding hydrogens is 446 g/mol. The Morgan fingerprint density at radius 3 is 2.48 bits per heavy atom. The summed E-state index contributed by atoms with van der Waals surface area (Å²) in [6, 6.07) is 20.9. The molecule has 0 radical (unpaired) electrons. The molecule has 1 unspecified atom stereocenters. The highest BCUT2D eigenvalue weighted by Crippen LogP contribution is 2.28. The van der Waals surface area contributed by atoms with Crippen LogP contribution in [0, 0.1) is 11.6 Å². The van der Waals surface area contributed by atoms with E-state index in [2.05, 4.69) is 15.5 Å². The standard InChI is InChI=1S/C24H20F2N4O2S/c1-16(32-21-12-10-17(25)11-13-21)23-28-29-24(30(23)20-8-3-2-4-9-20)33-15-22(31)27-19-7-5-6-18(26)14-19/h2-14,16H,15H2,1H3,(H,27,31). The third-order valence-corrected chi connectivity index (χ3v) is 5.53. The van der Waals surface area contributed by atoms with Crippen molar-refractivity contribution in [3.05, 3.63) is 96.3 Å². The van der Waals surface area contributed by atoms with E-state index in [-0.39, 0.29) is 17.5 Å². The van der Waals surface area contributed by atoms with Gasteiger partial charge in [0.15, 0.2) is 17.1 Å². The first-order valence-electron chi connectivity index (χ1n) is 10.1. The van der Waals surface area contributed by atoms with Crippen LogP contribution in [-0.2, 0) is 4.79 Å². The van der Waals surface area contributed by atoms with Gasteiger partial charge >= 0.3 is 0 Å². The number of nitrogens with zero attached hydrogens (tertiary/aromatic N) is 3. The number of hydrogen-bond acceptors (Lipinski definition) is 5. The minimum Gasteiger partial charge on any atom is -0.483 e. The van der Waals surface area contributed by atoms with Crippen molar-refractivity contribution in [1.82, 2.24) is 14.8 Å². The second kappa shape index (κ2) is 10.3. The highest BCUT2D eigenvalue weighted by molar-refractivity contribution is 7.99. The Kier molecular flexibility index (Phi) is 6.99. The fourth-order valence-electron chi connectivity index (χ4n) is 3.12. The third kappa shape index (κ3) is 5.75. The maximum Gasteiger partial charge on any atom is 0.234 e. The molecule has 0 saturated heterocycles. The number of amides is 1. The van der Waals surface area contributed by atoms with Gasteiger partial charge in [0.2, 0.25) is 5.91 Å². The first kappa shape index (κ1) is 22.5. The van der Waals surface area contributed by atoms with Gasteiger partial charge in [-0.25, -0.2) is 8.78 Å². The van der Waals surface area contributed by atoms with Crippen LogP contribution in [0.4, 0.5) is 14.5 Å². The van der Waals surface area contributed by atoms with Gasteiger partial charge in [-0.15, -0.1) is 10.2 Å². The average molecular weight is 467 g/mol. The van der Waals surface area contributed by atoms with Gasteiger partial charge < -0.3 is 10.1 Å². The van der Waals surface area contributed by atoms with Crippen LogP contribution in [0.25, 0.3) is 5.69 Å². The van der Waals surface area contributed by atoms with E-state index in [1.165, 1.54) is 42.1 Å². The van der Waals surface area contributed by atoms with E-state index in [9.17, 15) is 13.6 Å². The zero-order valence-corrected chi connectivity index (χ0v) is 18.4. The van der Waals surface area contributed by atoms with Crippen molar-refractivity contribution in [2.45, 2.75) is 18.2 Å². The molecule has 0 aliphatic rings. The summed E-state index contributed by atoms with van der Waals surface area (Å²) >= 11 is 1.20. The third-order valence-electron chi connectivity index (χ3n) is 4.60. The molecule has 0 spiro atoms. The molecule has 4 aromatic rings. The largest absolute Gasteiger partial charge is 0.483 e. The summed E-state index contributed by atoms with van der Waals surface area (Å²) in [5, 5.41) is 11.7. The molecule has 1 N–H and O–H groups in total. The Bertz CT molecular complexity index is 1230. The number of ether oxygens (including phenoxy) is 1. The number of benzene rings is 3. The van der Waals surface area contributed by atoms with Crippen molar-refractivity contribution in [3.8, 4) is 11.4 Å². The number of rotatable bonds is 8. The van der Waals surface area contributed by atoms with Crippen molar-refractivity contribution in [2.75, 3.05) is 11.1 Å². The van der Waals surface area contributed by atoms with Crippen molar-refractivity contribution < 1.29 is 18.3 Å². The SMILES string of the molecule is CC(Oc1ccc(F)cc1)c1nnc(SCC(=O)Nc2cccc(F)c2)n1-c1ccccc1. The summed E-state index contributed by atoms with van der Waals surface area (Å²) in [6.07, 6.45) is -0.501. The van der Waals surface area contributed by atoms with Crippen LogP contribution in [0.2, 0.25) is 0 Å². The molecule has 9 heteroatoms. The molecule has 4 rings (SSSR count). The summed E-state index contributed by atoms with van der Waals surface area (Å²) in [4.78, 5) is 12.4. The zero-order valence-electron chi connectivity index (χ0n) is 17.6. The average Bonchev–Trinajstić information content (AvgIpc) is 3.24. The molecule has 3 aromatic carbocycles. The van der Waals surface area contributed by atoms with E-state index in [0.717, 1.165) is 5.69 Å². The number of anilines is 1. The lowest BCUT2D eigenvalue weighted by molar-refractivity contribution is -0.113. The molecule has 0 fully saturated rings. The molecule has 0 aliphatic heterocycles. The number of nitrogens with one attached hydrogen (secondary N) is 1. The summed E-state index contributed by atoms with van der Waals surface area (Å²) < 4.78 is 34.3. The van der Waals surface area contributed by atoms with Crippen LogP contribution < -0.4 is 10.1 Å². The maximum atomic E-state index is 13.4. The number of thioether (sulfide) groups is 1. The normalized spacial score (nSPS) is 11.7. The fraction of sp³-hybridized carbons (Fsp3) is 0.125. The summed E-state index contributed by atoms with van der Waals surface area (Å²) in [5.41, 5.74) is 1.19. The topological polar surface area (TPSA) is 69.0 Å². The van der Waals surface area contributed by atoms with E-state index in [0.29, 0.717) is 22.4 Å². The highest BCUT2D eigenvalue weighted by atomic mass is 32.2.